The molecule has 4 nitrogen and oxygen atoms in total. The molecule has 0 spiro atoms. The lowest BCUT2D eigenvalue weighted by molar-refractivity contribution is 0.0996. The summed E-state index contributed by atoms with van der Waals surface area (Å²) in [6, 6.07) is 1.65. The van der Waals surface area contributed by atoms with Crippen molar-refractivity contribution in [3.63, 3.8) is 0 Å². The molecule has 5 heteroatoms. The number of amides is 1. The van der Waals surface area contributed by atoms with Crippen LogP contribution in [0.25, 0.3) is 0 Å². The molecule has 0 unspecified atom stereocenters. The fourth-order valence-corrected chi connectivity index (χ4v) is 1.41. The van der Waals surface area contributed by atoms with Crippen molar-refractivity contribution in [3.05, 3.63) is 22.5 Å². The SMILES string of the molecule is CC(C)c1cc(Cl)nc(C(N)=O)c1N. The third-order valence-corrected chi connectivity index (χ3v) is 2.11. The Morgan fingerprint density at radius 1 is 1.57 bits per heavy atom. The molecule has 0 atom stereocenters. The molecular weight excluding hydrogens is 202 g/mol. The maximum atomic E-state index is 11.0. The van der Waals surface area contributed by atoms with Crippen LogP contribution in [0.3, 0.4) is 0 Å². The highest BCUT2D eigenvalue weighted by Gasteiger charge is 2.15. The zero-order valence-electron chi connectivity index (χ0n) is 8.04. The van der Waals surface area contributed by atoms with Gasteiger partial charge in [0, 0.05) is 0 Å². The highest BCUT2D eigenvalue weighted by Crippen LogP contribution is 2.26. The Kier molecular flexibility index (Phi) is 2.96. The number of hydrogen-bond donors (Lipinski definition) is 2. The number of halogens is 1. The Balaban J connectivity index is 3.40. The highest BCUT2D eigenvalue weighted by molar-refractivity contribution is 6.29. The van der Waals surface area contributed by atoms with Gasteiger partial charge in [0.05, 0.1) is 5.69 Å². The van der Waals surface area contributed by atoms with Crippen LogP contribution < -0.4 is 11.5 Å². The lowest BCUT2D eigenvalue weighted by Gasteiger charge is -2.11. The summed E-state index contributed by atoms with van der Waals surface area (Å²) in [4.78, 5) is 14.8. The number of pyridine rings is 1. The van der Waals surface area contributed by atoms with Crippen LogP contribution in [0.5, 0.6) is 0 Å². The van der Waals surface area contributed by atoms with Gasteiger partial charge in [0.1, 0.15) is 5.15 Å². The Morgan fingerprint density at radius 2 is 2.14 bits per heavy atom. The lowest BCUT2D eigenvalue weighted by Crippen LogP contribution is -2.17. The van der Waals surface area contributed by atoms with E-state index in [9.17, 15) is 4.79 Å². The van der Waals surface area contributed by atoms with Crippen LogP contribution in [-0.2, 0) is 0 Å². The van der Waals surface area contributed by atoms with E-state index in [1.165, 1.54) is 0 Å². The number of aromatic nitrogens is 1. The van der Waals surface area contributed by atoms with E-state index in [4.69, 9.17) is 23.1 Å². The van der Waals surface area contributed by atoms with E-state index in [0.717, 1.165) is 5.56 Å². The molecule has 0 radical (unpaired) electrons. The second-order valence-electron chi connectivity index (χ2n) is 3.32. The van der Waals surface area contributed by atoms with Crippen LogP contribution in [0.1, 0.15) is 35.8 Å². The van der Waals surface area contributed by atoms with Gasteiger partial charge in [-0.15, -0.1) is 0 Å². The number of carbonyl (C=O) groups excluding carboxylic acids is 1. The summed E-state index contributed by atoms with van der Waals surface area (Å²) >= 11 is 5.74. The van der Waals surface area contributed by atoms with Gasteiger partial charge in [0.2, 0.25) is 0 Å². The number of nitrogens with two attached hydrogens (primary N) is 2. The number of carbonyl (C=O) groups is 1. The van der Waals surface area contributed by atoms with Crippen molar-refractivity contribution >= 4 is 23.2 Å². The van der Waals surface area contributed by atoms with Gasteiger partial charge in [-0.2, -0.15) is 0 Å². The Labute approximate surface area is 87.3 Å². The zero-order valence-corrected chi connectivity index (χ0v) is 8.80. The second kappa shape index (κ2) is 3.84. The van der Waals surface area contributed by atoms with Crippen LogP contribution in [0.2, 0.25) is 5.15 Å². The predicted molar refractivity (Wildman–Crippen MR) is 56.3 cm³/mol. The molecule has 0 aliphatic rings. The minimum absolute atomic E-state index is 0.0428. The van der Waals surface area contributed by atoms with Crippen molar-refractivity contribution in [2.45, 2.75) is 19.8 Å². The molecule has 0 aromatic carbocycles. The number of hydrogen-bond acceptors (Lipinski definition) is 3. The van der Waals surface area contributed by atoms with Crippen molar-refractivity contribution in [1.82, 2.24) is 4.98 Å². The van der Waals surface area contributed by atoms with Crippen molar-refractivity contribution < 1.29 is 4.79 Å². The zero-order chi connectivity index (χ0) is 10.9. The van der Waals surface area contributed by atoms with Crippen molar-refractivity contribution in [3.8, 4) is 0 Å². The molecule has 1 heterocycles. The molecule has 0 bridgehead atoms. The molecule has 1 aromatic heterocycles. The van der Waals surface area contributed by atoms with E-state index in [1.54, 1.807) is 6.07 Å². The van der Waals surface area contributed by atoms with E-state index in [0.29, 0.717) is 5.69 Å². The smallest absolute Gasteiger partial charge is 0.269 e. The number of nitrogens with zero attached hydrogens (tertiary/aromatic N) is 1. The van der Waals surface area contributed by atoms with Crippen LogP contribution in [0, 0.1) is 0 Å². The Bertz CT molecular complexity index is 377. The summed E-state index contributed by atoms with van der Waals surface area (Å²) in [5.74, 6) is -0.486. The van der Waals surface area contributed by atoms with E-state index in [1.807, 2.05) is 13.8 Å². The molecule has 1 aromatic rings. The first kappa shape index (κ1) is 10.8. The van der Waals surface area contributed by atoms with Crippen molar-refractivity contribution in [2.75, 3.05) is 5.73 Å². The molecule has 0 saturated heterocycles. The monoisotopic (exact) mass is 213 g/mol. The molecule has 0 saturated carbocycles. The van der Waals surface area contributed by atoms with E-state index < -0.39 is 5.91 Å². The molecule has 0 fully saturated rings. The molecule has 76 valence electrons. The van der Waals surface area contributed by atoms with Gasteiger partial charge in [-0.05, 0) is 17.5 Å². The third-order valence-electron chi connectivity index (χ3n) is 1.91. The first-order valence-corrected chi connectivity index (χ1v) is 4.57. The minimum Gasteiger partial charge on any atom is -0.397 e. The van der Waals surface area contributed by atoms with Gasteiger partial charge in [0.25, 0.3) is 5.91 Å². The van der Waals surface area contributed by atoms with Crippen LogP contribution >= 0.6 is 11.6 Å². The molecule has 0 aliphatic heterocycles. The normalized spacial score (nSPS) is 10.6. The van der Waals surface area contributed by atoms with Crippen LogP contribution in [-0.4, -0.2) is 10.9 Å². The van der Waals surface area contributed by atoms with Crippen molar-refractivity contribution in [1.29, 1.82) is 0 Å². The van der Waals surface area contributed by atoms with E-state index in [-0.39, 0.29) is 16.8 Å². The fourth-order valence-electron chi connectivity index (χ4n) is 1.21. The average Bonchev–Trinajstić information content (AvgIpc) is 2.07. The average molecular weight is 214 g/mol. The fraction of sp³-hybridized carbons (Fsp3) is 0.333. The van der Waals surface area contributed by atoms with Gasteiger partial charge >= 0.3 is 0 Å². The third kappa shape index (κ3) is 1.96. The van der Waals surface area contributed by atoms with Gasteiger partial charge in [0.15, 0.2) is 5.69 Å². The summed E-state index contributed by atoms with van der Waals surface area (Å²) in [6.45, 7) is 3.90. The van der Waals surface area contributed by atoms with Gasteiger partial charge in [-0.1, -0.05) is 25.4 Å². The quantitative estimate of drug-likeness (QED) is 0.731. The topological polar surface area (TPSA) is 82.0 Å². The molecule has 1 rings (SSSR count). The van der Waals surface area contributed by atoms with E-state index in [2.05, 4.69) is 4.98 Å². The van der Waals surface area contributed by atoms with Gasteiger partial charge in [-0.25, -0.2) is 4.98 Å². The Hall–Kier alpha value is -1.29. The molecule has 14 heavy (non-hydrogen) atoms. The Morgan fingerprint density at radius 3 is 2.57 bits per heavy atom. The number of primary amides is 1. The maximum Gasteiger partial charge on any atom is 0.269 e. The molecular formula is C9H12ClN3O. The van der Waals surface area contributed by atoms with Crippen LogP contribution in [0.4, 0.5) is 5.69 Å². The first-order chi connectivity index (χ1) is 6.43. The number of nitrogen functional groups attached to an aromatic ring is 1. The minimum atomic E-state index is -0.660. The molecule has 1 amide bonds. The first-order valence-electron chi connectivity index (χ1n) is 4.19. The lowest BCUT2D eigenvalue weighted by atomic mass is 10.0. The number of rotatable bonds is 2. The maximum absolute atomic E-state index is 11.0. The molecule has 0 aliphatic carbocycles. The van der Waals surface area contributed by atoms with E-state index >= 15 is 0 Å². The summed E-state index contributed by atoms with van der Waals surface area (Å²) in [7, 11) is 0. The predicted octanol–water partition coefficient (Wildman–Crippen LogP) is 1.54. The summed E-state index contributed by atoms with van der Waals surface area (Å²) < 4.78 is 0. The van der Waals surface area contributed by atoms with Crippen molar-refractivity contribution in [2.24, 2.45) is 5.73 Å². The molecule has 4 N–H and O–H groups in total. The highest BCUT2D eigenvalue weighted by atomic mass is 35.5. The largest absolute Gasteiger partial charge is 0.397 e. The number of anilines is 1. The summed E-state index contributed by atoms with van der Waals surface area (Å²) in [5.41, 5.74) is 12.0. The van der Waals surface area contributed by atoms with Crippen LogP contribution in [0.15, 0.2) is 6.07 Å². The van der Waals surface area contributed by atoms with Gasteiger partial charge in [-0.3, -0.25) is 4.79 Å². The summed E-state index contributed by atoms with van der Waals surface area (Å²) in [5, 5.41) is 0.233. The standard InChI is InChI=1S/C9H12ClN3O/c1-4(2)5-3-6(10)13-8(7(5)11)9(12)14/h3-4H,11H2,1-2H3,(H2,12,14). The summed E-state index contributed by atoms with van der Waals surface area (Å²) in [6.07, 6.45) is 0. The van der Waals surface area contributed by atoms with Gasteiger partial charge < -0.3 is 11.5 Å². The second-order valence-corrected chi connectivity index (χ2v) is 3.70.